The molecule has 0 radical (unpaired) electrons. The highest BCUT2D eigenvalue weighted by Gasteiger charge is 2.14. The molecule has 2 rings (SSSR count). The van der Waals surface area contributed by atoms with E-state index in [1.54, 1.807) is 0 Å². The molecule has 1 aliphatic carbocycles. The van der Waals surface area contributed by atoms with Gasteiger partial charge >= 0.3 is 0 Å². The summed E-state index contributed by atoms with van der Waals surface area (Å²) < 4.78 is 5.77. The standard InChI is InChI=1S/C22H32N2O2/c1-5-6-7-9-18-10-8-11-20(18)23-24-22(25)15-26-21-14-17(4)12-13-19(21)16(2)3/h10,12-14,16H,5-9,11,15H2,1-4H3,(H,24,25)/b23-20+. The molecule has 1 aromatic carbocycles. The van der Waals surface area contributed by atoms with Crippen molar-refractivity contribution in [2.45, 2.75) is 72.1 Å². The summed E-state index contributed by atoms with van der Waals surface area (Å²) >= 11 is 0. The second-order valence-electron chi connectivity index (χ2n) is 7.30. The molecule has 1 N–H and O–H groups in total. The summed E-state index contributed by atoms with van der Waals surface area (Å²) in [5.74, 6) is 0.917. The van der Waals surface area contributed by atoms with E-state index in [4.69, 9.17) is 4.74 Å². The number of hydrazone groups is 1. The van der Waals surface area contributed by atoms with Gasteiger partial charge in [0.1, 0.15) is 5.75 Å². The summed E-state index contributed by atoms with van der Waals surface area (Å²) in [6.45, 7) is 8.45. The highest BCUT2D eigenvalue weighted by Crippen LogP contribution is 2.27. The maximum Gasteiger partial charge on any atom is 0.277 e. The van der Waals surface area contributed by atoms with Gasteiger partial charge in [-0.2, -0.15) is 5.10 Å². The molecule has 0 saturated heterocycles. The molecule has 1 aliphatic rings. The van der Waals surface area contributed by atoms with Crippen LogP contribution in [0, 0.1) is 6.92 Å². The average molecular weight is 357 g/mol. The number of ether oxygens (including phenoxy) is 1. The van der Waals surface area contributed by atoms with Crippen LogP contribution < -0.4 is 10.2 Å². The largest absolute Gasteiger partial charge is 0.483 e. The van der Waals surface area contributed by atoms with Gasteiger partial charge in [0.15, 0.2) is 6.61 Å². The van der Waals surface area contributed by atoms with Crippen LogP contribution in [0.25, 0.3) is 0 Å². The number of rotatable bonds is 9. The molecule has 0 aromatic heterocycles. The molecule has 142 valence electrons. The lowest BCUT2D eigenvalue weighted by atomic mass is 10.0. The van der Waals surface area contributed by atoms with Gasteiger partial charge in [-0.25, -0.2) is 5.43 Å². The third kappa shape index (κ3) is 6.01. The fraction of sp³-hybridized carbons (Fsp3) is 0.545. The van der Waals surface area contributed by atoms with Crippen molar-refractivity contribution in [1.29, 1.82) is 0 Å². The van der Waals surface area contributed by atoms with E-state index in [9.17, 15) is 4.79 Å². The molecule has 0 unspecified atom stereocenters. The van der Waals surface area contributed by atoms with Crippen LogP contribution >= 0.6 is 0 Å². The zero-order chi connectivity index (χ0) is 18.9. The smallest absolute Gasteiger partial charge is 0.277 e. The topological polar surface area (TPSA) is 50.7 Å². The molecule has 1 aromatic rings. The van der Waals surface area contributed by atoms with Gasteiger partial charge < -0.3 is 4.74 Å². The van der Waals surface area contributed by atoms with Gasteiger partial charge in [-0.05, 0) is 61.3 Å². The molecule has 0 spiro atoms. The molecule has 0 bridgehead atoms. The lowest BCUT2D eigenvalue weighted by Crippen LogP contribution is -2.26. The summed E-state index contributed by atoms with van der Waals surface area (Å²) in [4.78, 5) is 12.1. The maximum absolute atomic E-state index is 12.1. The van der Waals surface area contributed by atoms with Crippen molar-refractivity contribution >= 4 is 11.6 Å². The second kappa shape index (κ2) is 10.1. The Bertz CT molecular complexity index is 675. The van der Waals surface area contributed by atoms with Crippen LogP contribution in [-0.2, 0) is 4.79 Å². The highest BCUT2D eigenvalue weighted by atomic mass is 16.5. The van der Waals surface area contributed by atoms with Crippen molar-refractivity contribution < 1.29 is 9.53 Å². The van der Waals surface area contributed by atoms with Crippen LogP contribution in [0.3, 0.4) is 0 Å². The molecule has 1 amide bonds. The quantitative estimate of drug-likeness (QED) is 0.484. The van der Waals surface area contributed by atoms with Crippen LogP contribution in [0.4, 0.5) is 0 Å². The molecule has 4 nitrogen and oxygen atoms in total. The molecule has 0 saturated carbocycles. The number of unbranched alkanes of at least 4 members (excludes halogenated alkanes) is 2. The van der Waals surface area contributed by atoms with Crippen molar-refractivity contribution in [3.63, 3.8) is 0 Å². The van der Waals surface area contributed by atoms with Crippen molar-refractivity contribution in [2.75, 3.05) is 6.61 Å². The summed E-state index contributed by atoms with van der Waals surface area (Å²) in [5.41, 5.74) is 7.22. The number of nitrogens with zero attached hydrogens (tertiary/aromatic N) is 1. The van der Waals surface area contributed by atoms with Crippen LogP contribution in [0.2, 0.25) is 0 Å². The number of hydrogen-bond donors (Lipinski definition) is 1. The van der Waals surface area contributed by atoms with Gasteiger partial charge in [-0.15, -0.1) is 0 Å². The SMILES string of the molecule is CCCCCC1=CCC/C1=N\NC(=O)COc1cc(C)ccc1C(C)C. The molecule has 0 aliphatic heterocycles. The lowest BCUT2D eigenvalue weighted by Gasteiger charge is -2.14. The molecule has 0 heterocycles. The van der Waals surface area contributed by atoms with Crippen LogP contribution in [-0.4, -0.2) is 18.2 Å². The average Bonchev–Trinajstić information content (AvgIpc) is 3.05. The predicted octanol–water partition coefficient (Wildman–Crippen LogP) is 5.27. The number of nitrogens with one attached hydrogen (secondary N) is 1. The Morgan fingerprint density at radius 2 is 2.12 bits per heavy atom. The zero-order valence-electron chi connectivity index (χ0n) is 16.6. The van der Waals surface area contributed by atoms with Gasteiger partial charge in [-0.3, -0.25) is 4.79 Å². The van der Waals surface area contributed by atoms with Crippen molar-refractivity contribution in [3.8, 4) is 5.75 Å². The molecule has 26 heavy (non-hydrogen) atoms. The van der Waals surface area contributed by atoms with Crippen LogP contribution in [0.15, 0.2) is 34.9 Å². The van der Waals surface area contributed by atoms with E-state index >= 15 is 0 Å². The van der Waals surface area contributed by atoms with E-state index < -0.39 is 0 Å². The highest BCUT2D eigenvalue weighted by molar-refractivity contribution is 6.02. The Labute approximate surface area is 157 Å². The Kier molecular flexibility index (Phi) is 7.89. The monoisotopic (exact) mass is 356 g/mol. The van der Waals surface area contributed by atoms with E-state index in [0.29, 0.717) is 5.92 Å². The van der Waals surface area contributed by atoms with E-state index in [1.807, 2.05) is 13.0 Å². The summed E-state index contributed by atoms with van der Waals surface area (Å²) in [6, 6.07) is 6.13. The number of carbonyl (C=O) groups excluding carboxylic acids is 1. The van der Waals surface area contributed by atoms with E-state index in [2.05, 4.69) is 49.5 Å². The summed E-state index contributed by atoms with van der Waals surface area (Å²) in [7, 11) is 0. The number of carbonyl (C=O) groups is 1. The Balaban J connectivity index is 1.88. The minimum Gasteiger partial charge on any atom is -0.483 e. The van der Waals surface area contributed by atoms with Gasteiger partial charge in [0.05, 0.1) is 5.71 Å². The van der Waals surface area contributed by atoms with Crippen molar-refractivity contribution in [3.05, 3.63) is 41.0 Å². The summed E-state index contributed by atoms with van der Waals surface area (Å²) in [5, 5.41) is 4.34. The Morgan fingerprint density at radius 3 is 2.85 bits per heavy atom. The normalized spacial score (nSPS) is 15.4. The molecule has 4 heteroatoms. The van der Waals surface area contributed by atoms with Crippen LogP contribution in [0.1, 0.15) is 76.3 Å². The predicted molar refractivity (Wildman–Crippen MR) is 108 cm³/mol. The molecular formula is C22H32N2O2. The van der Waals surface area contributed by atoms with Crippen molar-refractivity contribution in [2.24, 2.45) is 5.10 Å². The first-order valence-electron chi connectivity index (χ1n) is 9.79. The third-order valence-electron chi connectivity index (χ3n) is 4.66. The van der Waals surface area contributed by atoms with Gasteiger partial charge in [0.2, 0.25) is 0 Å². The first kappa shape index (κ1) is 20.2. The second-order valence-corrected chi connectivity index (χ2v) is 7.30. The number of amides is 1. The number of benzene rings is 1. The van der Waals surface area contributed by atoms with Crippen LogP contribution in [0.5, 0.6) is 5.75 Å². The van der Waals surface area contributed by atoms with E-state index in [1.165, 1.54) is 24.8 Å². The minimum absolute atomic E-state index is 0.0190. The Hall–Kier alpha value is -2.10. The minimum atomic E-state index is -0.214. The zero-order valence-corrected chi connectivity index (χ0v) is 16.6. The Morgan fingerprint density at radius 1 is 1.31 bits per heavy atom. The third-order valence-corrected chi connectivity index (χ3v) is 4.66. The molecular weight excluding hydrogens is 324 g/mol. The molecule has 0 atom stereocenters. The van der Waals surface area contributed by atoms with Gasteiger partial charge in [-0.1, -0.05) is 51.8 Å². The fourth-order valence-electron chi connectivity index (χ4n) is 3.15. The fourth-order valence-corrected chi connectivity index (χ4v) is 3.15. The van der Waals surface area contributed by atoms with Gasteiger partial charge in [0.25, 0.3) is 5.91 Å². The number of allylic oxidation sites excluding steroid dienone is 2. The molecule has 0 fully saturated rings. The van der Waals surface area contributed by atoms with Gasteiger partial charge in [0, 0.05) is 0 Å². The lowest BCUT2D eigenvalue weighted by molar-refractivity contribution is -0.123. The maximum atomic E-state index is 12.1. The number of aryl methyl sites for hydroxylation is 1. The number of hydrogen-bond acceptors (Lipinski definition) is 3. The van der Waals surface area contributed by atoms with E-state index in [0.717, 1.165) is 41.9 Å². The first-order valence-corrected chi connectivity index (χ1v) is 9.79. The van der Waals surface area contributed by atoms with E-state index in [-0.39, 0.29) is 12.5 Å². The summed E-state index contributed by atoms with van der Waals surface area (Å²) in [6.07, 6.45) is 8.87. The first-order chi connectivity index (χ1) is 12.5. The van der Waals surface area contributed by atoms with Crippen molar-refractivity contribution in [1.82, 2.24) is 5.43 Å².